The zero-order chi connectivity index (χ0) is 19.4. The highest BCUT2D eigenvalue weighted by Crippen LogP contribution is 2.29. The average molecular weight is 376 g/mol. The molecule has 0 spiro atoms. The lowest BCUT2D eigenvalue weighted by molar-refractivity contribution is -0.137. The molecule has 0 radical (unpaired) electrons. The lowest BCUT2D eigenvalue weighted by Gasteiger charge is -2.12. The van der Waals surface area contributed by atoms with Crippen LogP contribution in [0.25, 0.3) is 11.4 Å². The molecule has 1 aromatic carbocycles. The highest BCUT2D eigenvalue weighted by Gasteiger charge is 2.31. The Kier molecular flexibility index (Phi) is 5.20. The van der Waals surface area contributed by atoms with E-state index in [0.29, 0.717) is 17.8 Å². The van der Waals surface area contributed by atoms with E-state index >= 15 is 0 Å². The van der Waals surface area contributed by atoms with E-state index in [4.69, 9.17) is 4.52 Å². The smallest absolute Gasteiger partial charge is 0.348 e. The molecule has 1 N–H and O–H groups in total. The predicted molar refractivity (Wildman–Crippen MR) is 89.6 cm³/mol. The van der Waals surface area contributed by atoms with Crippen molar-refractivity contribution in [2.75, 3.05) is 0 Å². The summed E-state index contributed by atoms with van der Waals surface area (Å²) in [6.45, 7) is 1.68. The summed E-state index contributed by atoms with van der Waals surface area (Å²) in [5.74, 6) is 0.0127. The third-order valence-corrected chi connectivity index (χ3v) is 3.68. The van der Waals surface area contributed by atoms with Crippen molar-refractivity contribution in [3.8, 4) is 11.4 Å². The van der Waals surface area contributed by atoms with Gasteiger partial charge in [0.2, 0.25) is 11.7 Å². The first-order chi connectivity index (χ1) is 12.8. The zero-order valence-electron chi connectivity index (χ0n) is 14.2. The van der Waals surface area contributed by atoms with E-state index in [9.17, 15) is 18.0 Å². The van der Waals surface area contributed by atoms with Crippen LogP contribution in [0.2, 0.25) is 0 Å². The molecule has 0 aliphatic heterocycles. The van der Waals surface area contributed by atoms with E-state index < -0.39 is 23.7 Å². The van der Waals surface area contributed by atoms with Crippen LogP contribution in [0.1, 0.15) is 28.9 Å². The first-order valence-electron chi connectivity index (χ1n) is 8.05. The molecule has 1 amide bonds. The van der Waals surface area contributed by atoms with Crippen LogP contribution in [-0.2, 0) is 12.6 Å². The molecule has 140 valence electrons. The summed E-state index contributed by atoms with van der Waals surface area (Å²) in [6, 6.07) is 10.3. The predicted octanol–water partition coefficient (Wildman–Crippen LogP) is 3.51. The maximum atomic E-state index is 12.7. The molecule has 0 saturated carbocycles. The number of hydrogen-bond donors (Lipinski definition) is 1. The van der Waals surface area contributed by atoms with Gasteiger partial charge < -0.3 is 9.84 Å². The summed E-state index contributed by atoms with van der Waals surface area (Å²) in [5, 5.41) is 6.46. The second-order valence-corrected chi connectivity index (χ2v) is 5.88. The Bertz CT molecular complexity index is 926. The van der Waals surface area contributed by atoms with Gasteiger partial charge >= 0.3 is 6.18 Å². The van der Waals surface area contributed by atoms with Crippen molar-refractivity contribution in [1.29, 1.82) is 0 Å². The van der Waals surface area contributed by atoms with Gasteiger partial charge in [-0.05, 0) is 19.1 Å². The molecule has 0 fully saturated rings. The standard InChI is InChI=1S/C18H15F3N4O2/c1-11(9-15-24-16(25-27-15)12-5-3-2-4-6-12)23-17(26)14-10-13(7-8-22-14)18(19,20)21/h2-8,10-11H,9H2,1H3,(H,23,26). The van der Waals surface area contributed by atoms with Crippen LogP contribution < -0.4 is 5.32 Å². The number of benzene rings is 1. The fourth-order valence-electron chi connectivity index (χ4n) is 2.38. The molecule has 3 rings (SSSR count). The van der Waals surface area contributed by atoms with Gasteiger partial charge in [0.05, 0.1) is 5.56 Å². The number of pyridine rings is 1. The van der Waals surface area contributed by atoms with E-state index in [1.807, 2.05) is 30.3 Å². The number of halogens is 3. The Balaban J connectivity index is 1.63. The first kappa shape index (κ1) is 18.6. The summed E-state index contributed by atoms with van der Waals surface area (Å²) in [4.78, 5) is 20.1. The van der Waals surface area contributed by atoms with E-state index in [1.165, 1.54) is 0 Å². The Hall–Kier alpha value is -3.23. The van der Waals surface area contributed by atoms with Crippen molar-refractivity contribution < 1.29 is 22.5 Å². The van der Waals surface area contributed by atoms with Gasteiger partial charge in [-0.15, -0.1) is 0 Å². The van der Waals surface area contributed by atoms with Crippen molar-refractivity contribution in [1.82, 2.24) is 20.4 Å². The molecule has 2 heterocycles. The van der Waals surface area contributed by atoms with Crippen LogP contribution in [0.15, 0.2) is 53.2 Å². The van der Waals surface area contributed by atoms with Crippen molar-refractivity contribution >= 4 is 5.91 Å². The molecular weight excluding hydrogens is 361 g/mol. The fraction of sp³-hybridized carbons (Fsp3) is 0.222. The van der Waals surface area contributed by atoms with Gasteiger partial charge in [0.25, 0.3) is 5.91 Å². The number of aromatic nitrogens is 3. The Morgan fingerprint density at radius 3 is 2.67 bits per heavy atom. The maximum Gasteiger partial charge on any atom is 0.416 e. The molecule has 1 unspecified atom stereocenters. The van der Waals surface area contributed by atoms with Crippen molar-refractivity contribution in [2.45, 2.75) is 25.6 Å². The van der Waals surface area contributed by atoms with Gasteiger partial charge in [-0.3, -0.25) is 9.78 Å². The van der Waals surface area contributed by atoms with Gasteiger partial charge in [0.15, 0.2) is 0 Å². The quantitative estimate of drug-likeness (QED) is 0.737. The van der Waals surface area contributed by atoms with E-state index in [0.717, 1.165) is 17.8 Å². The van der Waals surface area contributed by atoms with Crippen LogP contribution >= 0.6 is 0 Å². The highest BCUT2D eigenvalue weighted by molar-refractivity contribution is 5.92. The van der Waals surface area contributed by atoms with E-state index in [1.54, 1.807) is 6.92 Å². The second-order valence-electron chi connectivity index (χ2n) is 5.88. The van der Waals surface area contributed by atoms with Crippen molar-refractivity contribution in [3.05, 3.63) is 65.8 Å². The van der Waals surface area contributed by atoms with Crippen LogP contribution in [0, 0.1) is 0 Å². The van der Waals surface area contributed by atoms with Gasteiger partial charge in [-0.25, -0.2) is 0 Å². The Morgan fingerprint density at radius 2 is 1.96 bits per heavy atom. The van der Waals surface area contributed by atoms with Gasteiger partial charge in [0.1, 0.15) is 5.69 Å². The number of carbonyl (C=O) groups excluding carboxylic acids is 1. The minimum atomic E-state index is -4.54. The van der Waals surface area contributed by atoms with Crippen LogP contribution in [0.5, 0.6) is 0 Å². The summed E-state index contributed by atoms with van der Waals surface area (Å²) in [5.41, 5.74) is -0.454. The summed E-state index contributed by atoms with van der Waals surface area (Å²) < 4.78 is 43.4. The minimum Gasteiger partial charge on any atom is -0.348 e. The highest BCUT2D eigenvalue weighted by atomic mass is 19.4. The van der Waals surface area contributed by atoms with E-state index in [-0.39, 0.29) is 12.1 Å². The van der Waals surface area contributed by atoms with Crippen LogP contribution in [-0.4, -0.2) is 27.1 Å². The second kappa shape index (κ2) is 7.56. The molecule has 2 aromatic heterocycles. The lowest BCUT2D eigenvalue weighted by atomic mass is 10.2. The van der Waals surface area contributed by atoms with Crippen molar-refractivity contribution in [2.24, 2.45) is 0 Å². The minimum absolute atomic E-state index is 0.227. The molecule has 27 heavy (non-hydrogen) atoms. The van der Waals surface area contributed by atoms with E-state index in [2.05, 4.69) is 20.4 Å². The van der Waals surface area contributed by atoms with Crippen LogP contribution in [0.4, 0.5) is 13.2 Å². The lowest BCUT2D eigenvalue weighted by Crippen LogP contribution is -2.34. The number of hydrogen-bond acceptors (Lipinski definition) is 5. The zero-order valence-corrected chi connectivity index (χ0v) is 14.2. The number of nitrogens with zero attached hydrogens (tertiary/aromatic N) is 3. The number of carbonyl (C=O) groups is 1. The molecule has 0 bridgehead atoms. The molecular formula is C18H15F3N4O2. The molecule has 0 aliphatic carbocycles. The van der Waals surface area contributed by atoms with Crippen LogP contribution in [0.3, 0.4) is 0 Å². The molecule has 0 saturated heterocycles. The number of alkyl halides is 3. The van der Waals surface area contributed by atoms with Gasteiger partial charge in [-0.2, -0.15) is 18.2 Å². The third kappa shape index (κ3) is 4.69. The Labute approximate surface area is 152 Å². The monoisotopic (exact) mass is 376 g/mol. The maximum absolute atomic E-state index is 12.7. The van der Waals surface area contributed by atoms with Gasteiger partial charge in [0, 0.05) is 24.2 Å². The number of rotatable bonds is 5. The third-order valence-electron chi connectivity index (χ3n) is 3.68. The Morgan fingerprint density at radius 1 is 1.22 bits per heavy atom. The molecule has 1 atom stereocenters. The molecule has 9 heteroatoms. The summed E-state index contributed by atoms with van der Waals surface area (Å²) in [6.07, 6.45) is -3.36. The van der Waals surface area contributed by atoms with Crippen molar-refractivity contribution in [3.63, 3.8) is 0 Å². The van der Waals surface area contributed by atoms with Gasteiger partial charge in [-0.1, -0.05) is 35.5 Å². The molecule has 3 aromatic rings. The average Bonchev–Trinajstić information content (AvgIpc) is 3.10. The normalized spacial score (nSPS) is 12.6. The topological polar surface area (TPSA) is 80.9 Å². The molecule has 0 aliphatic rings. The molecule has 6 nitrogen and oxygen atoms in total. The SMILES string of the molecule is CC(Cc1nc(-c2ccccc2)no1)NC(=O)c1cc(C(F)(F)F)ccn1. The summed E-state index contributed by atoms with van der Waals surface area (Å²) >= 11 is 0. The largest absolute Gasteiger partial charge is 0.416 e. The first-order valence-corrected chi connectivity index (χ1v) is 8.05. The fourth-order valence-corrected chi connectivity index (χ4v) is 2.38. The number of nitrogens with one attached hydrogen (secondary N) is 1. The number of amides is 1. The summed E-state index contributed by atoms with van der Waals surface area (Å²) in [7, 11) is 0.